The molecule has 0 spiro atoms. The summed E-state index contributed by atoms with van der Waals surface area (Å²) in [4.78, 5) is 23.4. The second-order valence-electron chi connectivity index (χ2n) is 6.19. The van der Waals surface area contributed by atoms with Crippen molar-refractivity contribution >= 4 is 33.0 Å². The number of aromatic nitrogens is 1. The van der Waals surface area contributed by atoms with E-state index in [4.69, 9.17) is 0 Å². The average Bonchev–Trinajstić information content (AvgIpc) is 3.13. The highest BCUT2D eigenvalue weighted by molar-refractivity contribution is 8.26. The van der Waals surface area contributed by atoms with Crippen molar-refractivity contribution in [1.29, 1.82) is 0 Å². The molecule has 0 radical (unpaired) electrons. The van der Waals surface area contributed by atoms with Gasteiger partial charge in [0, 0.05) is 35.9 Å². The summed E-state index contributed by atoms with van der Waals surface area (Å²) < 4.78 is 2.27. The van der Waals surface area contributed by atoms with Crippen LogP contribution in [0.1, 0.15) is 11.3 Å². The lowest BCUT2D eigenvalue weighted by Gasteiger charge is -2.13. The molecule has 1 N–H and O–H groups in total. The van der Waals surface area contributed by atoms with E-state index in [0.29, 0.717) is 6.42 Å². The molecule has 1 amide bonds. The zero-order chi connectivity index (χ0) is 17.2. The van der Waals surface area contributed by atoms with Gasteiger partial charge in [0.15, 0.2) is 0 Å². The number of para-hydroxylation sites is 1. The van der Waals surface area contributed by atoms with Crippen molar-refractivity contribution in [3.63, 3.8) is 0 Å². The molecule has 1 fully saturated rings. The summed E-state index contributed by atoms with van der Waals surface area (Å²) >= 11 is 0.773. The lowest BCUT2D eigenvalue weighted by molar-refractivity contribution is -0.112. The molecule has 4 nitrogen and oxygen atoms in total. The molecule has 0 bridgehead atoms. The third-order valence-corrected chi connectivity index (χ3v) is 5.34. The SMILES string of the molecule is O=C1NC(Cc2cc3ccccc3n2CCc2ccccc2)C(=O)S1. The number of carbonyl (C=O) groups is 2. The Morgan fingerprint density at radius 2 is 1.76 bits per heavy atom. The molecule has 4 rings (SSSR count). The van der Waals surface area contributed by atoms with E-state index in [1.54, 1.807) is 0 Å². The predicted octanol–water partition coefficient (Wildman–Crippen LogP) is 3.78. The fourth-order valence-electron chi connectivity index (χ4n) is 3.32. The molecule has 1 aromatic heterocycles. The predicted molar refractivity (Wildman–Crippen MR) is 101 cm³/mol. The molecule has 2 heterocycles. The number of nitrogens with zero attached hydrogens (tertiary/aromatic N) is 1. The zero-order valence-electron chi connectivity index (χ0n) is 13.6. The smallest absolute Gasteiger partial charge is 0.287 e. The number of carbonyl (C=O) groups excluding carboxylic acids is 2. The minimum atomic E-state index is -0.433. The van der Waals surface area contributed by atoms with E-state index in [0.717, 1.165) is 41.3 Å². The lowest BCUT2D eigenvalue weighted by Crippen LogP contribution is -2.31. The van der Waals surface area contributed by atoms with Gasteiger partial charge in [-0.15, -0.1) is 0 Å². The number of benzene rings is 2. The molecule has 3 aromatic rings. The normalized spacial score (nSPS) is 17.2. The van der Waals surface area contributed by atoms with Gasteiger partial charge in [-0.3, -0.25) is 9.59 Å². The number of rotatable bonds is 5. The maximum absolute atomic E-state index is 12.0. The van der Waals surface area contributed by atoms with Crippen LogP contribution in [0.25, 0.3) is 10.9 Å². The number of aryl methyl sites for hydroxylation is 2. The maximum atomic E-state index is 12.0. The third kappa shape index (κ3) is 3.33. The quantitative estimate of drug-likeness (QED) is 0.762. The van der Waals surface area contributed by atoms with Gasteiger partial charge in [-0.2, -0.15) is 0 Å². The number of amides is 1. The van der Waals surface area contributed by atoms with Gasteiger partial charge in [0.2, 0.25) is 5.12 Å². The van der Waals surface area contributed by atoms with Crippen molar-refractivity contribution in [2.24, 2.45) is 0 Å². The van der Waals surface area contributed by atoms with Gasteiger partial charge in [0.25, 0.3) is 5.24 Å². The summed E-state index contributed by atoms with van der Waals surface area (Å²) in [5, 5.41) is 3.58. The topological polar surface area (TPSA) is 51.1 Å². The van der Waals surface area contributed by atoms with E-state index >= 15 is 0 Å². The maximum Gasteiger partial charge on any atom is 0.287 e. The zero-order valence-corrected chi connectivity index (χ0v) is 14.5. The minimum Gasteiger partial charge on any atom is -0.344 e. The van der Waals surface area contributed by atoms with Crippen LogP contribution < -0.4 is 5.32 Å². The van der Waals surface area contributed by atoms with Gasteiger partial charge >= 0.3 is 0 Å². The van der Waals surface area contributed by atoms with Gasteiger partial charge in [0.05, 0.1) is 0 Å². The summed E-state index contributed by atoms with van der Waals surface area (Å²) in [6.07, 6.45) is 1.45. The number of thioether (sulfide) groups is 1. The van der Waals surface area contributed by atoms with E-state index in [2.05, 4.69) is 40.2 Å². The van der Waals surface area contributed by atoms with E-state index in [-0.39, 0.29) is 10.4 Å². The Bertz CT molecular complexity index is 933. The summed E-state index contributed by atoms with van der Waals surface area (Å²) in [7, 11) is 0. The molecule has 1 aliphatic rings. The van der Waals surface area contributed by atoms with Crippen LogP contribution in [0.4, 0.5) is 4.79 Å². The molecule has 1 unspecified atom stereocenters. The van der Waals surface area contributed by atoms with E-state index in [9.17, 15) is 9.59 Å². The first-order valence-electron chi connectivity index (χ1n) is 8.34. The molecule has 126 valence electrons. The van der Waals surface area contributed by atoms with Crippen molar-refractivity contribution in [2.75, 3.05) is 0 Å². The fraction of sp³-hybridized carbons (Fsp3) is 0.200. The molecule has 1 atom stereocenters. The Morgan fingerprint density at radius 1 is 1.00 bits per heavy atom. The average molecular weight is 350 g/mol. The second-order valence-corrected chi connectivity index (χ2v) is 7.17. The monoisotopic (exact) mass is 350 g/mol. The van der Waals surface area contributed by atoms with Gasteiger partial charge in [0.1, 0.15) is 6.04 Å². The van der Waals surface area contributed by atoms with Crippen LogP contribution in [0.2, 0.25) is 0 Å². The summed E-state index contributed by atoms with van der Waals surface area (Å²) in [5.74, 6) is 0. The molecular formula is C20H18N2O2S. The summed E-state index contributed by atoms with van der Waals surface area (Å²) in [5.41, 5.74) is 3.53. The first kappa shape index (κ1) is 16.0. The molecule has 1 aliphatic heterocycles. The van der Waals surface area contributed by atoms with Crippen LogP contribution in [0, 0.1) is 0 Å². The molecule has 1 saturated heterocycles. The van der Waals surface area contributed by atoms with Crippen molar-refractivity contribution < 1.29 is 9.59 Å². The Hall–Kier alpha value is -2.53. The van der Waals surface area contributed by atoms with Crippen molar-refractivity contribution in [3.8, 4) is 0 Å². The van der Waals surface area contributed by atoms with E-state index in [1.165, 1.54) is 5.56 Å². The highest BCUT2D eigenvalue weighted by atomic mass is 32.2. The molecule has 0 saturated carbocycles. The van der Waals surface area contributed by atoms with Gasteiger partial charge < -0.3 is 9.88 Å². The fourth-order valence-corrected chi connectivity index (χ4v) is 3.99. The van der Waals surface area contributed by atoms with E-state index in [1.807, 2.05) is 30.3 Å². The molecular weight excluding hydrogens is 332 g/mol. The first-order valence-corrected chi connectivity index (χ1v) is 9.15. The Labute approximate surface area is 150 Å². The Kier molecular flexibility index (Phi) is 4.32. The van der Waals surface area contributed by atoms with Crippen LogP contribution in [0.3, 0.4) is 0 Å². The number of hydrogen-bond donors (Lipinski definition) is 1. The molecule has 0 aliphatic carbocycles. The number of nitrogens with one attached hydrogen (secondary N) is 1. The van der Waals surface area contributed by atoms with Crippen LogP contribution in [0.5, 0.6) is 0 Å². The van der Waals surface area contributed by atoms with Crippen LogP contribution in [0.15, 0.2) is 60.7 Å². The largest absolute Gasteiger partial charge is 0.344 e. The standard InChI is InChI=1S/C20H18N2O2S/c23-19-17(21-20(24)25-19)13-16-12-15-8-4-5-9-18(15)22(16)11-10-14-6-2-1-3-7-14/h1-9,12,17H,10-11,13H2,(H,21,24). The minimum absolute atomic E-state index is 0.0927. The summed E-state index contributed by atoms with van der Waals surface area (Å²) in [6.45, 7) is 0.842. The van der Waals surface area contributed by atoms with Crippen molar-refractivity contribution in [1.82, 2.24) is 9.88 Å². The van der Waals surface area contributed by atoms with Crippen LogP contribution >= 0.6 is 11.8 Å². The van der Waals surface area contributed by atoms with Gasteiger partial charge in [-0.05, 0) is 29.5 Å². The highest BCUT2D eigenvalue weighted by Crippen LogP contribution is 2.24. The number of hydrogen-bond acceptors (Lipinski definition) is 3. The Balaban J connectivity index is 1.63. The third-order valence-electron chi connectivity index (χ3n) is 4.55. The Morgan fingerprint density at radius 3 is 2.52 bits per heavy atom. The van der Waals surface area contributed by atoms with E-state index < -0.39 is 6.04 Å². The van der Waals surface area contributed by atoms with Crippen LogP contribution in [-0.4, -0.2) is 21.0 Å². The van der Waals surface area contributed by atoms with Crippen LogP contribution in [-0.2, 0) is 24.2 Å². The lowest BCUT2D eigenvalue weighted by atomic mass is 10.1. The highest BCUT2D eigenvalue weighted by Gasteiger charge is 2.32. The van der Waals surface area contributed by atoms with Crippen molar-refractivity contribution in [3.05, 3.63) is 71.9 Å². The molecule has 5 heteroatoms. The van der Waals surface area contributed by atoms with Gasteiger partial charge in [-0.1, -0.05) is 48.5 Å². The molecule has 2 aromatic carbocycles. The summed E-state index contributed by atoms with van der Waals surface area (Å²) in [6, 6.07) is 20.3. The molecule has 25 heavy (non-hydrogen) atoms. The van der Waals surface area contributed by atoms with Crippen molar-refractivity contribution in [2.45, 2.75) is 25.4 Å². The second kappa shape index (κ2) is 6.76. The first-order chi connectivity index (χ1) is 12.2. The van der Waals surface area contributed by atoms with Gasteiger partial charge in [-0.25, -0.2) is 0 Å². The number of fused-ring (bicyclic) bond motifs is 1.